The Morgan fingerprint density at radius 1 is 0.949 bits per heavy atom. The Kier molecular flexibility index (Phi) is 39.4. The highest BCUT2D eigenvalue weighted by molar-refractivity contribution is 5.74. The second-order valence-electron chi connectivity index (χ2n) is 22.6. The van der Waals surface area contributed by atoms with Gasteiger partial charge in [0, 0.05) is 89.8 Å². The van der Waals surface area contributed by atoms with Crippen LogP contribution in [0.15, 0.2) is 35.7 Å². The van der Waals surface area contributed by atoms with Crippen LogP contribution >= 0.6 is 0 Å². The molecule has 0 aromatic carbocycles. The van der Waals surface area contributed by atoms with Gasteiger partial charge in [-0.1, -0.05) is 60.1 Å². The van der Waals surface area contributed by atoms with Crippen LogP contribution in [0.2, 0.25) is 0 Å². The molecule has 0 radical (unpaired) electrons. The van der Waals surface area contributed by atoms with Crippen molar-refractivity contribution in [3.63, 3.8) is 0 Å². The molecular weight excluding hydrogens is 1020 g/mol. The lowest BCUT2D eigenvalue weighted by Gasteiger charge is -2.38. The van der Waals surface area contributed by atoms with Crippen LogP contribution in [0.3, 0.4) is 0 Å². The number of nitrogens with zero attached hydrogens (tertiary/aromatic N) is 4. The van der Waals surface area contributed by atoms with Gasteiger partial charge in [-0.05, 0) is 118 Å². The van der Waals surface area contributed by atoms with Crippen molar-refractivity contribution < 1.29 is 72.4 Å². The number of hydrogen-bond donors (Lipinski definition) is 5. The maximum absolute atomic E-state index is 12.1. The van der Waals surface area contributed by atoms with Crippen molar-refractivity contribution in [1.82, 2.24) is 24.9 Å². The number of morpholine rings is 1. The van der Waals surface area contributed by atoms with Gasteiger partial charge in [0.1, 0.15) is 18.0 Å². The Labute approximate surface area is 476 Å². The molecule has 5 rings (SSSR count). The summed E-state index contributed by atoms with van der Waals surface area (Å²) in [7, 11) is 12.1. The number of cyclic esters (lactones) is 1. The Bertz CT molecular complexity index is 1720. The van der Waals surface area contributed by atoms with Crippen molar-refractivity contribution in [3.05, 3.63) is 35.7 Å². The molecule has 14 atom stereocenters. The summed E-state index contributed by atoms with van der Waals surface area (Å²) in [6.45, 7) is 26.5. The van der Waals surface area contributed by atoms with E-state index in [1.54, 1.807) is 26.0 Å². The Morgan fingerprint density at radius 3 is 2.09 bits per heavy atom. The number of aldehydes is 1. The van der Waals surface area contributed by atoms with Gasteiger partial charge in [-0.25, -0.2) is 4.79 Å². The van der Waals surface area contributed by atoms with E-state index in [2.05, 4.69) is 68.1 Å². The Hall–Kier alpha value is -3.12. The van der Waals surface area contributed by atoms with Crippen LogP contribution in [0, 0.1) is 17.8 Å². The summed E-state index contributed by atoms with van der Waals surface area (Å²) in [5.74, 6) is 1.00. The minimum Gasteiger partial charge on any atom is -0.442 e. The van der Waals surface area contributed by atoms with Crippen LogP contribution in [0.1, 0.15) is 147 Å². The molecule has 0 bridgehead atoms. The number of halogens is 1. The normalized spacial score (nSPS) is 26.9. The van der Waals surface area contributed by atoms with Crippen LogP contribution in [-0.2, 0) is 42.7 Å². The van der Waals surface area contributed by atoms with E-state index < -0.39 is 24.3 Å². The number of rotatable bonds is 22. The van der Waals surface area contributed by atoms with E-state index in [1.807, 2.05) is 66.7 Å². The molecule has 2 amide bonds. The summed E-state index contributed by atoms with van der Waals surface area (Å²) in [6, 6.07) is 0.415. The van der Waals surface area contributed by atoms with Crippen molar-refractivity contribution in [2.45, 2.75) is 213 Å². The molecule has 0 aromatic rings. The van der Waals surface area contributed by atoms with Gasteiger partial charge in [0.15, 0.2) is 18.9 Å². The zero-order valence-electron chi connectivity index (χ0n) is 52.1. The van der Waals surface area contributed by atoms with Gasteiger partial charge >= 0.3 is 6.09 Å². The highest BCUT2D eigenvalue weighted by Gasteiger charge is 2.38. The third-order valence-electron chi connectivity index (χ3n) is 14.4. The van der Waals surface area contributed by atoms with Crippen LogP contribution in [0.4, 0.5) is 9.18 Å². The lowest BCUT2D eigenvalue weighted by atomic mass is 9.89. The fourth-order valence-corrected chi connectivity index (χ4v) is 10.1. The minimum atomic E-state index is -1.14. The van der Waals surface area contributed by atoms with E-state index in [1.165, 1.54) is 26.3 Å². The molecule has 20 heteroatoms. The number of carbonyl (C=O) groups is 3. The van der Waals surface area contributed by atoms with Crippen molar-refractivity contribution in [2.75, 3.05) is 95.5 Å². The van der Waals surface area contributed by atoms with Gasteiger partial charge < -0.3 is 78.4 Å². The average molecular weight is 1130 g/mol. The van der Waals surface area contributed by atoms with Crippen molar-refractivity contribution in [3.8, 4) is 0 Å². The first-order chi connectivity index (χ1) is 37.2. The number of ether oxygens (including phenoxy) is 7. The van der Waals surface area contributed by atoms with Crippen molar-refractivity contribution in [1.29, 1.82) is 0 Å². The van der Waals surface area contributed by atoms with Crippen LogP contribution < -0.4 is 5.32 Å². The number of amides is 2. The van der Waals surface area contributed by atoms with Crippen molar-refractivity contribution >= 4 is 18.3 Å². The number of nitrogens with one attached hydrogen (secondary N) is 1. The lowest BCUT2D eigenvalue weighted by Crippen LogP contribution is -2.49. The molecule has 4 saturated heterocycles. The topological polar surface area (TPSA) is 222 Å². The summed E-state index contributed by atoms with van der Waals surface area (Å²) in [6.07, 6.45) is 14.9. The molecule has 4 heterocycles. The molecule has 0 spiro atoms. The Balaban J connectivity index is 0.00000100. The van der Waals surface area contributed by atoms with Gasteiger partial charge in [0.2, 0.25) is 5.91 Å². The zero-order valence-corrected chi connectivity index (χ0v) is 52.1. The standard InChI is InChI=1S/C17H23N3O4.C16H31NO4.C9H20O3.C8H19N.C8H16O3.CH3F/c1-13(21)18-11-16-12-20(17(22)24-16)15-4-2-3-14(5-6-15)19-7-9-23-10-8-19;1-11(6-12(2)10-18)7-15(19)21-16-9-14(17(4)5)8-13(3)20-16;1-5-7(10)9(3,11)8(6-2)12-4;1-5-6-8(2)7-9(3)4;1-6-4-8(2,10-3)5-7(9)11-6;1-2/h3-6,16H,2,7-12H2,1H3,(H,18,21);10-16,19H,6-9H2,1-5H3;7-8,10-11H,5-6H2,1-4H3;8H,5-7H2,1-4H3;6-7,9H,4-5H2,1-3H3;1H3/t;11-,12?,13?,14?,15+,16?;7?,8-,9+;8-;6?,7-,8+;/m.0111./s1. The molecule has 5 aliphatic rings. The molecule has 79 heavy (non-hydrogen) atoms. The highest BCUT2D eigenvalue weighted by atomic mass is 19.1. The fraction of sp³-hybridized carbons (Fsp3) is 0.847. The van der Waals surface area contributed by atoms with E-state index in [0.717, 1.165) is 82.0 Å². The third kappa shape index (κ3) is 31.2. The first kappa shape index (κ1) is 75.9. The first-order valence-electron chi connectivity index (χ1n) is 28.8. The van der Waals surface area contributed by atoms with Crippen molar-refractivity contribution in [2.24, 2.45) is 17.8 Å². The molecule has 0 saturated carbocycles. The third-order valence-corrected chi connectivity index (χ3v) is 14.4. The fourth-order valence-electron chi connectivity index (χ4n) is 10.1. The minimum absolute atomic E-state index is 0.0243. The molecule has 1 aliphatic carbocycles. The predicted molar refractivity (Wildman–Crippen MR) is 309 cm³/mol. The molecule has 464 valence electrons. The average Bonchev–Trinajstić information content (AvgIpc) is 3.58. The second-order valence-corrected chi connectivity index (χ2v) is 22.6. The number of carbonyl (C=O) groups excluding carboxylic acids is 3. The van der Waals surface area contributed by atoms with Gasteiger partial charge in [0.05, 0.1) is 63.5 Å². The molecule has 4 aliphatic heterocycles. The van der Waals surface area contributed by atoms with Gasteiger partial charge in [-0.2, -0.15) is 0 Å². The number of aliphatic hydroxyl groups is 4. The second kappa shape index (κ2) is 41.0. The number of hydrogen-bond acceptors (Lipinski definition) is 17. The molecule has 7 unspecified atom stereocenters. The summed E-state index contributed by atoms with van der Waals surface area (Å²) < 4.78 is 47.1. The van der Waals surface area contributed by atoms with E-state index in [4.69, 9.17) is 33.2 Å². The van der Waals surface area contributed by atoms with E-state index in [0.29, 0.717) is 52.0 Å². The summed E-state index contributed by atoms with van der Waals surface area (Å²) >= 11 is 0. The number of aliphatic hydroxyl groups excluding tert-OH is 3. The Morgan fingerprint density at radius 2 is 1.57 bits per heavy atom. The molecular formula is C59H112FN5O14. The predicted octanol–water partition coefficient (Wildman–Crippen LogP) is 7.44. The van der Waals surface area contributed by atoms with E-state index >= 15 is 0 Å². The highest BCUT2D eigenvalue weighted by Crippen LogP contribution is 2.30. The van der Waals surface area contributed by atoms with E-state index in [-0.39, 0.29) is 60.1 Å². The maximum atomic E-state index is 12.1. The summed E-state index contributed by atoms with van der Waals surface area (Å²) in [5.41, 5.74) is 0.645. The van der Waals surface area contributed by atoms with Gasteiger partial charge in [0.25, 0.3) is 0 Å². The monoisotopic (exact) mass is 1130 g/mol. The quantitative estimate of drug-likeness (QED) is 0.0525. The van der Waals surface area contributed by atoms with Gasteiger partial charge in [-0.3, -0.25) is 14.1 Å². The molecule has 4 fully saturated rings. The maximum Gasteiger partial charge on any atom is 0.414 e. The van der Waals surface area contributed by atoms with Crippen LogP contribution in [0.25, 0.3) is 0 Å². The van der Waals surface area contributed by atoms with Crippen LogP contribution in [-0.4, -0.2) is 220 Å². The SMILES string of the molecule is CC(=O)NCC1CN(C2=CCC=C(N3CCOCC3)C=C2)C(=O)O1.CC(C=O)C[C@H](C)C[C@H](O)OC1CC(N(C)C)CC(C)O1.CCC(O)[C@](C)(O)[C@@H](CC)OC.CCC[C@@H](C)CN(C)C.CF.CO[C@@]1(C)CC(C)O[C@@H](O)C1. The summed E-state index contributed by atoms with van der Waals surface area (Å²) in [4.78, 5) is 42.1. The van der Waals surface area contributed by atoms with Crippen LogP contribution in [0.5, 0.6) is 0 Å². The number of methoxy groups -OCH3 is 2. The molecule has 0 aromatic heterocycles. The molecule has 5 N–H and O–H groups in total. The summed E-state index contributed by atoms with van der Waals surface area (Å²) in [5, 5.41) is 41.3. The smallest absolute Gasteiger partial charge is 0.414 e. The molecule has 19 nitrogen and oxygen atoms in total. The largest absolute Gasteiger partial charge is 0.442 e. The zero-order chi connectivity index (χ0) is 60.5. The van der Waals surface area contributed by atoms with Gasteiger partial charge in [-0.15, -0.1) is 0 Å². The van der Waals surface area contributed by atoms with E-state index in [9.17, 15) is 39.2 Å². The lowest BCUT2D eigenvalue weighted by molar-refractivity contribution is -0.265. The number of alkyl halides is 1. The first-order valence-corrected chi connectivity index (χ1v) is 28.8. The number of allylic oxidation sites excluding steroid dienone is 4.